The lowest BCUT2D eigenvalue weighted by Crippen LogP contribution is -2.14. The van der Waals surface area contributed by atoms with Gasteiger partial charge < -0.3 is 5.73 Å². The zero-order valence-electron chi connectivity index (χ0n) is 9.69. The fourth-order valence-corrected chi connectivity index (χ4v) is 1.87. The van der Waals surface area contributed by atoms with Gasteiger partial charge in [-0.3, -0.25) is 4.68 Å². The average molecular weight is 285 g/mol. The number of aromatic nitrogens is 2. The summed E-state index contributed by atoms with van der Waals surface area (Å²) in [6, 6.07) is 7.95. The number of nitrogens with zero attached hydrogens (tertiary/aromatic N) is 2. The minimum atomic E-state index is -4.44. The number of alkyl halides is 3. The molecule has 2 aromatic rings. The van der Waals surface area contributed by atoms with E-state index in [0.29, 0.717) is 5.56 Å². The first-order valence-electron chi connectivity index (χ1n) is 5.36. The molecule has 1 aromatic carbocycles. The fourth-order valence-electron chi connectivity index (χ4n) is 1.67. The summed E-state index contributed by atoms with van der Waals surface area (Å²) in [6.45, 7) is 0.184. The molecule has 2 rings (SSSR count). The highest BCUT2D eigenvalue weighted by Crippen LogP contribution is 2.27. The smallest absolute Gasteiger partial charge is 0.389 e. The van der Waals surface area contributed by atoms with E-state index in [2.05, 4.69) is 5.10 Å². The molecule has 0 unspecified atom stereocenters. The summed E-state index contributed by atoms with van der Waals surface area (Å²) in [4.78, 5) is 0.207. The minimum absolute atomic E-state index is 0.184. The third-order valence-corrected chi connectivity index (χ3v) is 2.77. The van der Waals surface area contributed by atoms with Crippen molar-refractivity contribution in [1.29, 1.82) is 0 Å². The molecule has 0 saturated carbocycles. The number of benzene rings is 1. The summed E-state index contributed by atoms with van der Waals surface area (Å²) < 4.78 is 38.5. The summed E-state index contributed by atoms with van der Waals surface area (Å²) >= 11 is 4.90. The van der Waals surface area contributed by atoms with Crippen LogP contribution in [0.2, 0.25) is 0 Å². The third kappa shape index (κ3) is 3.11. The van der Waals surface area contributed by atoms with Gasteiger partial charge in [0.2, 0.25) is 0 Å². The topological polar surface area (TPSA) is 43.8 Å². The second-order valence-electron chi connectivity index (χ2n) is 3.92. The highest BCUT2D eigenvalue weighted by atomic mass is 32.1. The van der Waals surface area contributed by atoms with E-state index >= 15 is 0 Å². The van der Waals surface area contributed by atoms with E-state index in [-0.39, 0.29) is 11.5 Å². The second kappa shape index (κ2) is 5.00. The predicted molar refractivity (Wildman–Crippen MR) is 68.7 cm³/mol. The van der Waals surface area contributed by atoms with Gasteiger partial charge in [-0.1, -0.05) is 36.5 Å². The van der Waals surface area contributed by atoms with Gasteiger partial charge in [0, 0.05) is 11.8 Å². The van der Waals surface area contributed by atoms with E-state index in [1.807, 2.05) is 0 Å². The lowest BCUT2D eigenvalue weighted by atomic mass is 10.1. The number of rotatable bonds is 3. The highest BCUT2D eigenvalue weighted by Gasteiger charge is 2.33. The van der Waals surface area contributed by atoms with Crippen LogP contribution in [0.4, 0.5) is 13.2 Å². The SMILES string of the molecule is NC(=S)c1ccccc1Cn1ccc(C(F)(F)F)n1. The molecule has 0 amide bonds. The second-order valence-corrected chi connectivity index (χ2v) is 4.36. The van der Waals surface area contributed by atoms with E-state index < -0.39 is 11.9 Å². The highest BCUT2D eigenvalue weighted by molar-refractivity contribution is 7.80. The van der Waals surface area contributed by atoms with Crippen LogP contribution in [0.5, 0.6) is 0 Å². The minimum Gasteiger partial charge on any atom is -0.389 e. The van der Waals surface area contributed by atoms with Crippen molar-refractivity contribution >= 4 is 17.2 Å². The van der Waals surface area contributed by atoms with Crippen molar-refractivity contribution in [3.63, 3.8) is 0 Å². The summed E-state index contributed by atoms with van der Waals surface area (Å²) in [5.74, 6) is 0. The molecular formula is C12H10F3N3S. The van der Waals surface area contributed by atoms with Crippen molar-refractivity contribution < 1.29 is 13.2 Å². The Balaban J connectivity index is 2.27. The summed E-state index contributed by atoms with van der Waals surface area (Å²) in [5.41, 5.74) is 6.02. The van der Waals surface area contributed by atoms with Crippen LogP contribution in [0.3, 0.4) is 0 Å². The molecule has 100 valence electrons. The Labute approximate surface area is 112 Å². The van der Waals surface area contributed by atoms with Gasteiger partial charge in [-0.05, 0) is 11.6 Å². The number of hydrogen-bond acceptors (Lipinski definition) is 2. The van der Waals surface area contributed by atoms with E-state index in [1.165, 1.54) is 10.9 Å². The van der Waals surface area contributed by atoms with Gasteiger partial charge in [-0.2, -0.15) is 18.3 Å². The van der Waals surface area contributed by atoms with Crippen molar-refractivity contribution in [2.75, 3.05) is 0 Å². The molecule has 2 N–H and O–H groups in total. The molecule has 0 fully saturated rings. The van der Waals surface area contributed by atoms with Crippen LogP contribution in [-0.2, 0) is 12.7 Å². The number of hydrogen-bond donors (Lipinski definition) is 1. The molecule has 0 bridgehead atoms. The van der Waals surface area contributed by atoms with Crippen LogP contribution >= 0.6 is 12.2 Å². The van der Waals surface area contributed by atoms with Gasteiger partial charge >= 0.3 is 6.18 Å². The Bertz CT molecular complexity index is 604. The zero-order valence-corrected chi connectivity index (χ0v) is 10.5. The van der Waals surface area contributed by atoms with Crippen molar-refractivity contribution in [1.82, 2.24) is 9.78 Å². The Morgan fingerprint density at radius 2 is 1.95 bits per heavy atom. The lowest BCUT2D eigenvalue weighted by Gasteiger charge is -2.08. The van der Waals surface area contributed by atoms with Gasteiger partial charge in [0.15, 0.2) is 5.69 Å². The van der Waals surface area contributed by atoms with Crippen molar-refractivity contribution in [3.05, 3.63) is 53.3 Å². The Kier molecular flexibility index (Phi) is 3.57. The van der Waals surface area contributed by atoms with Gasteiger partial charge in [0.05, 0.1) is 6.54 Å². The first kappa shape index (κ1) is 13.5. The quantitative estimate of drug-likeness (QED) is 0.882. The Morgan fingerprint density at radius 3 is 2.53 bits per heavy atom. The van der Waals surface area contributed by atoms with Gasteiger partial charge in [0.1, 0.15) is 4.99 Å². The molecule has 0 aliphatic rings. The molecule has 1 aromatic heterocycles. The van der Waals surface area contributed by atoms with Crippen LogP contribution in [0.25, 0.3) is 0 Å². The average Bonchev–Trinajstić information content (AvgIpc) is 2.77. The van der Waals surface area contributed by atoms with Crippen molar-refractivity contribution in [3.8, 4) is 0 Å². The molecule has 3 nitrogen and oxygen atoms in total. The lowest BCUT2D eigenvalue weighted by molar-refractivity contribution is -0.141. The maximum Gasteiger partial charge on any atom is 0.435 e. The van der Waals surface area contributed by atoms with Gasteiger partial charge in [-0.15, -0.1) is 0 Å². The first-order valence-corrected chi connectivity index (χ1v) is 5.77. The van der Waals surface area contributed by atoms with Crippen LogP contribution in [0.1, 0.15) is 16.8 Å². The maximum absolute atomic E-state index is 12.4. The normalized spacial score (nSPS) is 11.5. The molecule has 19 heavy (non-hydrogen) atoms. The Hall–Kier alpha value is -1.89. The summed E-state index contributed by atoms with van der Waals surface area (Å²) in [5, 5.41) is 3.48. The number of nitrogens with two attached hydrogens (primary N) is 1. The van der Waals surface area contributed by atoms with E-state index in [4.69, 9.17) is 18.0 Å². The molecule has 0 radical (unpaired) electrons. The van der Waals surface area contributed by atoms with E-state index in [0.717, 1.165) is 11.6 Å². The van der Waals surface area contributed by atoms with Crippen LogP contribution in [0.15, 0.2) is 36.5 Å². The largest absolute Gasteiger partial charge is 0.435 e. The zero-order chi connectivity index (χ0) is 14.0. The molecule has 0 atom stereocenters. The molecule has 0 spiro atoms. The molecular weight excluding hydrogens is 275 g/mol. The number of thiocarbonyl (C=S) groups is 1. The monoisotopic (exact) mass is 285 g/mol. The van der Waals surface area contributed by atoms with Crippen LogP contribution in [-0.4, -0.2) is 14.8 Å². The fraction of sp³-hybridized carbons (Fsp3) is 0.167. The molecule has 0 aliphatic carbocycles. The van der Waals surface area contributed by atoms with Crippen LogP contribution < -0.4 is 5.73 Å². The molecule has 0 aliphatic heterocycles. The predicted octanol–water partition coefficient (Wildman–Crippen LogP) is 2.58. The van der Waals surface area contributed by atoms with Gasteiger partial charge in [-0.25, -0.2) is 0 Å². The summed E-state index contributed by atoms with van der Waals surface area (Å²) in [7, 11) is 0. The Morgan fingerprint density at radius 1 is 1.26 bits per heavy atom. The maximum atomic E-state index is 12.4. The molecule has 1 heterocycles. The third-order valence-electron chi connectivity index (χ3n) is 2.55. The molecule has 0 saturated heterocycles. The standard InChI is InChI=1S/C12H10F3N3S/c13-12(14,15)10-5-6-18(17-10)7-8-3-1-2-4-9(8)11(16)19/h1-6H,7H2,(H2,16,19). The van der Waals surface area contributed by atoms with Crippen molar-refractivity contribution in [2.24, 2.45) is 5.73 Å². The van der Waals surface area contributed by atoms with Crippen molar-refractivity contribution in [2.45, 2.75) is 12.7 Å². The van der Waals surface area contributed by atoms with Gasteiger partial charge in [0.25, 0.3) is 0 Å². The van der Waals surface area contributed by atoms with E-state index in [1.54, 1.807) is 24.3 Å². The number of halogens is 3. The molecule has 7 heteroatoms. The van der Waals surface area contributed by atoms with Crippen LogP contribution in [0, 0.1) is 0 Å². The first-order chi connectivity index (χ1) is 8.88. The summed E-state index contributed by atoms with van der Waals surface area (Å²) in [6.07, 6.45) is -3.16. The van der Waals surface area contributed by atoms with E-state index in [9.17, 15) is 13.2 Å².